The minimum Gasteiger partial charge on any atom is -0.337 e. The highest BCUT2D eigenvalue weighted by atomic mass is 19.4. The molecule has 0 atom stereocenters. The molecule has 0 bridgehead atoms. The van der Waals surface area contributed by atoms with Gasteiger partial charge in [-0.3, -0.25) is 9.69 Å². The van der Waals surface area contributed by atoms with Gasteiger partial charge in [-0.1, -0.05) is 12.8 Å². The summed E-state index contributed by atoms with van der Waals surface area (Å²) in [6.07, 6.45) is 2.60. The quantitative estimate of drug-likeness (QED) is 0.858. The summed E-state index contributed by atoms with van der Waals surface area (Å²) < 4.78 is 37.2. The van der Waals surface area contributed by atoms with E-state index in [1.54, 1.807) is 0 Å². The molecule has 1 N–H and O–H groups in total. The van der Waals surface area contributed by atoms with E-state index in [1.165, 1.54) is 25.7 Å². The number of amides is 3. The van der Waals surface area contributed by atoms with Crippen molar-refractivity contribution in [2.45, 2.75) is 44.7 Å². The van der Waals surface area contributed by atoms with E-state index in [0.717, 1.165) is 17.7 Å². The molecule has 1 saturated heterocycles. The van der Waals surface area contributed by atoms with Crippen LogP contribution in [0.1, 0.15) is 38.5 Å². The summed E-state index contributed by atoms with van der Waals surface area (Å²) in [4.78, 5) is 25.6. The van der Waals surface area contributed by atoms with Crippen LogP contribution in [0.3, 0.4) is 0 Å². The van der Waals surface area contributed by atoms with Crippen LogP contribution in [0.25, 0.3) is 0 Å². The molecule has 3 rings (SSSR count). The Balaban J connectivity index is 1.50. The Morgan fingerprint density at radius 2 is 1.96 bits per heavy atom. The standard InChI is InChI=1S/C15H22F3N3O2/c16-15(17,18)9-21-10-20(7-12(21)22)13(23)19-8-14(5-2-6-14)11-3-1-4-11/h11H,1-10H2,(H,19,23). The molecule has 1 heterocycles. The van der Waals surface area contributed by atoms with Gasteiger partial charge in [0.25, 0.3) is 0 Å². The van der Waals surface area contributed by atoms with Crippen molar-refractivity contribution >= 4 is 11.9 Å². The molecule has 0 radical (unpaired) electrons. The molecule has 2 saturated carbocycles. The average Bonchev–Trinajstić information content (AvgIpc) is 2.69. The van der Waals surface area contributed by atoms with Crippen molar-refractivity contribution in [3.8, 4) is 0 Å². The SMILES string of the molecule is O=C1CN(C(=O)NCC2(C3CCC3)CCC2)CN1CC(F)(F)F. The zero-order valence-corrected chi connectivity index (χ0v) is 13.0. The van der Waals surface area contributed by atoms with Crippen molar-refractivity contribution in [2.24, 2.45) is 11.3 Å². The summed E-state index contributed by atoms with van der Waals surface area (Å²) in [5.41, 5.74) is 0.184. The molecule has 2 aliphatic carbocycles. The lowest BCUT2D eigenvalue weighted by atomic mass is 9.55. The minimum absolute atomic E-state index is 0.184. The van der Waals surface area contributed by atoms with Crippen LogP contribution in [0.15, 0.2) is 0 Å². The predicted molar refractivity (Wildman–Crippen MR) is 76.4 cm³/mol. The van der Waals surface area contributed by atoms with Gasteiger partial charge >= 0.3 is 12.2 Å². The van der Waals surface area contributed by atoms with Gasteiger partial charge in [0.05, 0.1) is 6.67 Å². The molecule has 3 amide bonds. The van der Waals surface area contributed by atoms with E-state index in [0.29, 0.717) is 17.4 Å². The third-order valence-corrected chi connectivity index (χ3v) is 5.59. The normalized spacial score (nSPS) is 24.4. The largest absolute Gasteiger partial charge is 0.406 e. The first kappa shape index (κ1) is 16.4. The smallest absolute Gasteiger partial charge is 0.337 e. The Kier molecular flexibility index (Phi) is 4.18. The molecule has 3 fully saturated rings. The number of hydrogen-bond acceptors (Lipinski definition) is 2. The van der Waals surface area contributed by atoms with Crippen LogP contribution < -0.4 is 5.32 Å². The second kappa shape index (κ2) is 5.87. The molecule has 0 spiro atoms. The first-order valence-corrected chi connectivity index (χ1v) is 8.16. The minimum atomic E-state index is -4.44. The monoisotopic (exact) mass is 333 g/mol. The second-order valence-corrected chi connectivity index (χ2v) is 7.05. The van der Waals surface area contributed by atoms with Crippen LogP contribution >= 0.6 is 0 Å². The van der Waals surface area contributed by atoms with E-state index in [9.17, 15) is 22.8 Å². The van der Waals surface area contributed by atoms with Crippen LogP contribution in [0, 0.1) is 11.3 Å². The zero-order valence-electron chi connectivity index (χ0n) is 13.0. The first-order valence-electron chi connectivity index (χ1n) is 8.16. The third-order valence-electron chi connectivity index (χ3n) is 5.59. The molecule has 0 aromatic heterocycles. The number of nitrogens with zero attached hydrogens (tertiary/aromatic N) is 2. The van der Waals surface area contributed by atoms with Gasteiger partial charge in [0.1, 0.15) is 13.1 Å². The molecule has 3 aliphatic rings. The highest BCUT2D eigenvalue weighted by Crippen LogP contribution is 2.53. The van der Waals surface area contributed by atoms with Gasteiger partial charge < -0.3 is 10.2 Å². The molecule has 23 heavy (non-hydrogen) atoms. The molecule has 0 aromatic rings. The number of nitrogens with one attached hydrogen (secondary N) is 1. The van der Waals surface area contributed by atoms with E-state index in [1.807, 2.05) is 0 Å². The fourth-order valence-electron chi connectivity index (χ4n) is 3.83. The molecular weight excluding hydrogens is 311 g/mol. The number of urea groups is 1. The molecule has 1 aliphatic heterocycles. The summed E-state index contributed by atoms with van der Waals surface area (Å²) in [5.74, 6) is 0.00770. The lowest BCUT2D eigenvalue weighted by Gasteiger charge is -2.52. The fourth-order valence-corrected chi connectivity index (χ4v) is 3.83. The highest BCUT2D eigenvalue weighted by molar-refractivity contribution is 5.87. The molecular formula is C15H22F3N3O2. The molecule has 0 aromatic carbocycles. The lowest BCUT2D eigenvalue weighted by molar-refractivity contribution is -0.157. The molecule has 130 valence electrons. The van der Waals surface area contributed by atoms with Gasteiger partial charge in [0.15, 0.2) is 0 Å². The maximum absolute atomic E-state index is 12.4. The molecule has 0 unspecified atom stereocenters. The Hall–Kier alpha value is -1.47. The third kappa shape index (κ3) is 3.40. The van der Waals surface area contributed by atoms with Crippen LogP contribution in [0.2, 0.25) is 0 Å². The maximum Gasteiger partial charge on any atom is 0.406 e. The van der Waals surface area contributed by atoms with Crippen molar-refractivity contribution in [2.75, 3.05) is 26.3 Å². The number of hydrogen-bond donors (Lipinski definition) is 1. The Bertz CT molecular complexity index is 487. The summed E-state index contributed by atoms with van der Waals surface area (Å²) in [6, 6.07) is -0.436. The van der Waals surface area contributed by atoms with Crippen molar-refractivity contribution in [1.82, 2.24) is 15.1 Å². The zero-order chi connectivity index (χ0) is 16.7. The average molecular weight is 333 g/mol. The number of alkyl halides is 3. The van der Waals surface area contributed by atoms with Crippen LogP contribution in [0.4, 0.5) is 18.0 Å². The number of carbonyl (C=O) groups is 2. The summed E-state index contributed by atoms with van der Waals surface area (Å²) >= 11 is 0. The van der Waals surface area contributed by atoms with Crippen molar-refractivity contribution < 1.29 is 22.8 Å². The van der Waals surface area contributed by atoms with Gasteiger partial charge in [-0.25, -0.2) is 4.79 Å². The van der Waals surface area contributed by atoms with E-state index in [2.05, 4.69) is 5.32 Å². The van der Waals surface area contributed by atoms with Gasteiger partial charge in [0, 0.05) is 6.54 Å². The van der Waals surface area contributed by atoms with Crippen molar-refractivity contribution in [3.63, 3.8) is 0 Å². The van der Waals surface area contributed by atoms with E-state index < -0.39 is 24.7 Å². The fraction of sp³-hybridized carbons (Fsp3) is 0.867. The number of carbonyl (C=O) groups excluding carboxylic acids is 2. The Labute approximate surface area is 133 Å². The van der Waals surface area contributed by atoms with E-state index in [4.69, 9.17) is 0 Å². The van der Waals surface area contributed by atoms with Gasteiger partial charge in [0.2, 0.25) is 5.91 Å². The number of halogens is 3. The molecule has 8 heteroatoms. The van der Waals surface area contributed by atoms with E-state index >= 15 is 0 Å². The van der Waals surface area contributed by atoms with Crippen LogP contribution in [-0.4, -0.2) is 54.2 Å². The van der Waals surface area contributed by atoms with Crippen LogP contribution in [0.5, 0.6) is 0 Å². The summed E-state index contributed by atoms with van der Waals surface area (Å²) in [5, 5.41) is 2.85. The van der Waals surface area contributed by atoms with E-state index in [-0.39, 0.29) is 18.6 Å². The van der Waals surface area contributed by atoms with Crippen molar-refractivity contribution in [1.29, 1.82) is 0 Å². The van der Waals surface area contributed by atoms with Gasteiger partial charge in [-0.2, -0.15) is 13.2 Å². The van der Waals surface area contributed by atoms with Crippen LogP contribution in [-0.2, 0) is 4.79 Å². The molecule has 5 nitrogen and oxygen atoms in total. The Morgan fingerprint density at radius 3 is 2.43 bits per heavy atom. The van der Waals surface area contributed by atoms with Crippen molar-refractivity contribution in [3.05, 3.63) is 0 Å². The second-order valence-electron chi connectivity index (χ2n) is 7.05. The lowest BCUT2D eigenvalue weighted by Crippen LogP contribution is -2.51. The summed E-state index contributed by atoms with van der Waals surface area (Å²) in [6.45, 7) is -1.30. The van der Waals surface area contributed by atoms with Gasteiger partial charge in [-0.05, 0) is 37.0 Å². The summed E-state index contributed by atoms with van der Waals surface area (Å²) in [7, 11) is 0. The highest BCUT2D eigenvalue weighted by Gasteiger charge is 2.46. The topological polar surface area (TPSA) is 52.7 Å². The Morgan fingerprint density at radius 1 is 1.26 bits per heavy atom. The first-order chi connectivity index (χ1) is 10.8. The predicted octanol–water partition coefficient (Wildman–Crippen LogP) is 2.33. The number of rotatable bonds is 4. The maximum atomic E-state index is 12.4. The van der Waals surface area contributed by atoms with Gasteiger partial charge in [-0.15, -0.1) is 0 Å².